The van der Waals surface area contributed by atoms with Crippen LogP contribution in [0.4, 0.5) is 11.5 Å². The number of hydrogen-bond acceptors (Lipinski definition) is 5. The minimum atomic E-state index is -0.468. The molecular formula is C16H14N4O4. The number of aryl methyl sites for hydroxylation is 1. The first kappa shape index (κ1) is 15.5. The van der Waals surface area contributed by atoms with Crippen LogP contribution in [0.3, 0.4) is 0 Å². The molecule has 0 spiro atoms. The lowest BCUT2D eigenvalue weighted by atomic mass is 10.2. The highest BCUT2D eigenvalue weighted by Crippen LogP contribution is 2.18. The molecule has 122 valence electrons. The zero-order valence-electron chi connectivity index (χ0n) is 12.6. The average molecular weight is 326 g/mol. The van der Waals surface area contributed by atoms with Gasteiger partial charge in [0.2, 0.25) is 5.91 Å². The summed E-state index contributed by atoms with van der Waals surface area (Å²) in [6.07, 6.45) is 3.89. The fraction of sp³-hybridized carbons (Fsp3) is 0.125. The van der Waals surface area contributed by atoms with Gasteiger partial charge in [-0.1, -0.05) is 0 Å². The zero-order chi connectivity index (χ0) is 16.9. The lowest BCUT2D eigenvalue weighted by molar-refractivity contribution is -0.384. The molecule has 24 heavy (non-hydrogen) atoms. The van der Waals surface area contributed by atoms with Crippen LogP contribution in [0.15, 0.2) is 59.3 Å². The van der Waals surface area contributed by atoms with Crippen molar-refractivity contribution >= 4 is 17.4 Å². The van der Waals surface area contributed by atoms with E-state index < -0.39 is 4.92 Å². The number of benzene rings is 1. The third-order valence-corrected chi connectivity index (χ3v) is 3.39. The third-order valence-electron chi connectivity index (χ3n) is 3.39. The number of rotatable bonds is 6. The van der Waals surface area contributed by atoms with Crippen molar-refractivity contribution in [1.82, 2.24) is 9.78 Å². The van der Waals surface area contributed by atoms with Gasteiger partial charge in [0, 0.05) is 31.0 Å². The molecule has 3 aromatic rings. The van der Waals surface area contributed by atoms with Crippen LogP contribution in [0.25, 0.3) is 5.69 Å². The van der Waals surface area contributed by atoms with Gasteiger partial charge >= 0.3 is 0 Å². The van der Waals surface area contributed by atoms with Crippen molar-refractivity contribution < 1.29 is 14.1 Å². The molecule has 3 rings (SSSR count). The molecule has 0 fully saturated rings. The third kappa shape index (κ3) is 3.49. The van der Waals surface area contributed by atoms with Crippen LogP contribution in [-0.2, 0) is 11.2 Å². The summed E-state index contributed by atoms with van der Waals surface area (Å²) in [6, 6.07) is 11.2. The maximum absolute atomic E-state index is 12.0. The molecule has 0 aliphatic carbocycles. The maximum Gasteiger partial charge on any atom is 0.269 e. The van der Waals surface area contributed by atoms with Crippen molar-refractivity contribution in [1.29, 1.82) is 0 Å². The summed E-state index contributed by atoms with van der Waals surface area (Å²) in [5.74, 6) is 1.07. The van der Waals surface area contributed by atoms with Crippen molar-refractivity contribution in [3.8, 4) is 5.69 Å². The van der Waals surface area contributed by atoms with Gasteiger partial charge in [-0.3, -0.25) is 14.9 Å². The lowest BCUT2D eigenvalue weighted by Crippen LogP contribution is -2.15. The number of nitro benzene ring substituents is 1. The molecule has 0 saturated carbocycles. The van der Waals surface area contributed by atoms with Crippen LogP contribution in [-0.4, -0.2) is 20.6 Å². The van der Waals surface area contributed by atoms with E-state index in [-0.39, 0.29) is 18.0 Å². The standard InChI is InChI=1S/C16H14N4O4/c21-16(8-7-14-2-1-11-24-14)18-15-9-10-17-19(15)12-3-5-13(6-4-12)20(22)23/h1-6,9-11H,7-8H2,(H,18,21). The summed E-state index contributed by atoms with van der Waals surface area (Å²) >= 11 is 0. The number of furan rings is 1. The van der Waals surface area contributed by atoms with Gasteiger partial charge in [-0.15, -0.1) is 0 Å². The molecule has 1 amide bonds. The van der Waals surface area contributed by atoms with Crippen molar-refractivity contribution in [2.24, 2.45) is 0 Å². The minimum absolute atomic E-state index is 0.00469. The number of non-ortho nitro benzene ring substituents is 1. The number of hydrogen-bond donors (Lipinski definition) is 1. The van der Waals surface area contributed by atoms with E-state index in [1.807, 2.05) is 6.07 Å². The first-order valence-electron chi connectivity index (χ1n) is 7.24. The summed E-state index contributed by atoms with van der Waals surface area (Å²) in [4.78, 5) is 22.3. The van der Waals surface area contributed by atoms with Crippen molar-refractivity contribution in [2.75, 3.05) is 5.32 Å². The normalized spacial score (nSPS) is 10.5. The van der Waals surface area contributed by atoms with Gasteiger partial charge in [0.05, 0.1) is 23.1 Å². The Hall–Kier alpha value is -3.42. The van der Waals surface area contributed by atoms with Crippen LogP contribution in [0.2, 0.25) is 0 Å². The topological polar surface area (TPSA) is 103 Å². The van der Waals surface area contributed by atoms with Gasteiger partial charge < -0.3 is 9.73 Å². The molecule has 2 heterocycles. The fourth-order valence-corrected chi connectivity index (χ4v) is 2.22. The quantitative estimate of drug-likeness (QED) is 0.554. The van der Waals surface area contributed by atoms with Crippen LogP contribution in [0.5, 0.6) is 0 Å². The number of carbonyl (C=O) groups is 1. The summed E-state index contributed by atoms with van der Waals surface area (Å²) in [7, 11) is 0. The number of nitrogens with one attached hydrogen (secondary N) is 1. The van der Waals surface area contributed by atoms with E-state index in [4.69, 9.17) is 4.42 Å². The highest BCUT2D eigenvalue weighted by Gasteiger charge is 2.11. The van der Waals surface area contributed by atoms with E-state index >= 15 is 0 Å². The van der Waals surface area contributed by atoms with E-state index in [0.29, 0.717) is 17.9 Å². The number of amides is 1. The molecule has 1 aromatic carbocycles. The number of nitrogens with zero attached hydrogens (tertiary/aromatic N) is 3. The molecule has 0 aliphatic rings. The molecule has 8 heteroatoms. The SMILES string of the molecule is O=C(CCc1ccco1)Nc1ccnn1-c1ccc([N+](=O)[O-])cc1. The molecule has 0 aliphatic heterocycles. The molecule has 8 nitrogen and oxygen atoms in total. The number of aromatic nitrogens is 2. The van der Waals surface area contributed by atoms with Gasteiger partial charge in [-0.25, -0.2) is 4.68 Å². The Morgan fingerprint density at radius 1 is 1.25 bits per heavy atom. The van der Waals surface area contributed by atoms with Gasteiger partial charge in [-0.05, 0) is 24.3 Å². The monoisotopic (exact) mass is 326 g/mol. The fourth-order valence-electron chi connectivity index (χ4n) is 2.22. The second kappa shape index (κ2) is 6.78. The Morgan fingerprint density at radius 3 is 2.71 bits per heavy atom. The Kier molecular flexibility index (Phi) is 4.37. The molecule has 2 aromatic heterocycles. The largest absolute Gasteiger partial charge is 0.469 e. The first-order valence-corrected chi connectivity index (χ1v) is 7.24. The van der Waals surface area contributed by atoms with Gasteiger partial charge in [-0.2, -0.15) is 5.10 Å². The van der Waals surface area contributed by atoms with Crippen molar-refractivity contribution in [3.05, 3.63) is 70.8 Å². The van der Waals surface area contributed by atoms with E-state index in [9.17, 15) is 14.9 Å². The lowest BCUT2D eigenvalue weighted by Gasteiger charge is -2.08. The molecule has 0 saturated heterocycles. The predicted octanol–water partition coefficient (Wildman–Crippen LogP) is 2.94. The predicted molar refractivity (Wildman–Crippen MR) is 85.9 cm³/mol. The number of nitro groups is 1. The number of carbonyl (C=O) groups excluding carboxylic acids is 1. The Morgan fingerprint density at radius 2 is 2.04 bits per heavy atom. The molecule has 0 unspecified atom stereocenters. The zero-order valence-corrected chi connectivity index (χ0v) is 12.6. The first-order chi connectivity index (χ1) is 11.6. The highest BCUT2D eigenvalue weighted by molar-refractivity contribution is 5.90. The summed E-state index contributed by atoms with van der Waals surface area (Å²) in [6.45, 7) is 0. The number of anilines is 1. The van der Waals surface area contributed by atoms with Crippen molar-refractivity contribution in [3.63, 3.8) is 0 Å². The van der Waals surface area contributed by atoms with E-state index in [1.54, 1.807) is 36.7 Å². The van der Waals surface area contributed by atoms with Crippen molar-refractivity contribution in [2.45, 2.75) is 12.8 Å². The van der Waals surface area contributed by atoms with Gasteiger partial charge in [0.15, 0.2) is 0 Å². The van der Waals surface area contributed by atoms with E-state index in [0.717, 1.165) is 5.76 Å². The summed E-state index contributed by atoms with van der Waals surface area (Å²) < 4.78 is 6.70. The second-order valence-electron chi connectivity index (χ2n) is 5.03. The van der Waals surface area contributed by atoms with Crippen LogP contribution < -0.4 is 5.32 Å². The van der Waals surface area contributed by atoms with Gasteiger partial charge in [0.25, 0.3) is 5.69 Å². The average Bonchev–Trinajstić information content (AvgIpc) is 3.24. The van der Waals surface area contributed by atoms with Crippen LogP contribution in [0.1, 0.15) is 12.2 Å². The Labute approximate surface area is 136 Å². The summed E-state index contributed by atoms with van der Waals surface area (Å²) in [5.41, 5.74) is 0.613. The minimum Gasteiger partial charge on any atom is -0.469 e. The van der Waals surface area contributed by atoms with Gasteiger partial charge in [0.1, 0.15) is 11.6 Å². The molecular weight excluding hydrogens is 312 g/mol. The molecule has 0 atom stereocenters. The van der Waals surface area contributed by atoms with Crippen LogP contribution in [0, 0.1) is 10.1 Å². The van der Waals surface area contributed by atoms with E-state index in [2.05, 4.69) is 10.4 Å². The smallest absolute Gasteiger partial charge is 0.269 e. The second-order valence-corrected chi connectivity index (χ2v) is 5.03. The molecule has 1 N–H and O–H groups in total. The Bertz CT molecular complexity index is 837. The molecule has 0 radical (unpaired) electrons. The van der Waals surface area contributed by atoms with Crippen LogP contribution >= 0.6 is 0 Å². The Balaban J connectivity index is 1.68. The van der Waals surface area contributed by atoms with E-state index in [1.165, 1.54) is 16.8 Å². The highest BCUT2D eigenvalue weighted by atomic mass is 16.6. The molecule has 0 bridgehead atoms. The maximum atomic E-state index is 12.0. The summed E-state index contributed by atoms with van der Waals surface area (Å²) in [5, 5.41) is 17.6.